The summed E-state index contributed by atoms with van der Waals surface area (Å²) in [6.07, 6.45) is 10.4. The van der Waals surface area contributed by atoms with Gasteiger partial charge < -0.3 is 4.57 Å². The van der Waals surface area contributed by atoms with Gasteiger partial charge in [-0.2, -0.15) is 5.10 Å². The number of rotatable bonds is 5. The molecule has 0 atom stereocenters. The van der Waals surface area contributed by atoms with Gasteiger partial charge in [-0.25, -0.2) is 0 Å². The molecule has 0 saturated heterocycles. The van der Waals surface area contributed by atoms with Gasteiger partial charge in [0.1, 0.15) is 0 Å². The monoisotopic (exact) mass is 422 g/mol. The molecule has 2 aromatic heterocycles. The Morgan fingerprint density at radius 2 is 1.78 bits per heavy atom. The van der Waals surface area contributed by atoms with Crippen molar-refractivity contribution in [2.45, 2.75) is 51.9 Å². The van der Waals surface area contributed by atoms with E-state index in [-0.39, 0.29) is 0 Å². The first-order valence-electron chi connectivity index (χ1n) is 11.6. The summed E-state index contributed by atoms with van der Waals surface area (Å²) in [5, 5.41) is 5.74. The minimum atomic E-state index is 0.674. The fraction of sp³-hybridized carbons (Fsp3) is 0.286. The number of hydrazone groups is 1. The van der Waals surface area contributed by atoms with Gasteiger partial charge in [-0.15, -0.1) is 0 Å². The van der Waals surface area contributed by atoms with E-state index in [0.29, 0.717) is 5.92 Å². The van der Waals surface area contributed by atoms with E-state index < -0.39 is 0 Å². The van der Waals surface area contributed by atoms with Crippen molar-refractivity contribution < 1.29 is 0 Å². The first-order chi connectivity index (χ1) is 15.7. The number of para-hydroxylation sites is 1. The summed E-state index contributed by atoms with van der Waals surface area (Å²) < 4.78 is 2.26. The lowest BCUT2D eigenvalue weighted by Gasteiger charge is -2.22. The van der Waals surface area contributed by atoms with Crippen molar-refractivity contribution >= 4 is 22.8 Å². The fourth-order valence-electron chi connectivity index (χ4n) is 5.02. The standard InChI is InChI=1S/C28H30N4/c1-20-17-24(21(2)32(20)25-11-7-4-8-12-25)19-30-31-28-15-16-29-27-14-13-23(18-26(27)28)22-9-5-3-6-10-22/h4,7-8,11-19,22H,3,5-6,9-10H2,1-2H3,(H,29,31)/b30-19+. The van der Waals surface area contributed by atoms with E-state index in [1.165, 1.54) is 54.7 Å². The molecule has 162 valence electrons. The number of benzene rings is 2. The van der Waals surface area contributed by atoms with Gasteiger partial charge in [0.15, 0.2) is 0 Å². The van der Waals surface area contributed by atoms with Crippen molar-refractivity contribution in [1.29, 1.82) is 0 Å². The van der Waals surface area contributed by atoms with Gasteiger partial charge in [-0.3, -0.25) is 10.4 Å². The van der Waals surface area contributed by atoms with E-state index in [0.717, 1.165) is 22.2 Å². The molecule has 2 aromatic carbocycles. The van der Waals surface area contributed by atoms with Crippen LogP contribution < -0.4 is 5.43 Å². The third-order valence-corrected chi connectivity index (χ3v) is 6.72. The van der Waals surface area contributed by atoms with Crippen LogP contribution in [0.3, 0.4) is 0 Å². The summed E-state index contributed by atoms with van der Waals surface area (Å²) in [7, 11) is 0. The molecule has 4 aromatic rings. The third-order valence-electron chi connectivity index (χ3n) is 6.72. The fourth-order valence-corrected chi connectivity index (χ4v) is 5.02. The van der Waals surface area contributed by atoms with Gasteiger partial charge in [0, 0.05) is 34.2 Å². The Morgan fingerprint density at radius 1 is 0.969 bits per heavy atom. The molecule has 1 aliphatic carbocycles. The minimum Gasteiger partial charge on any atom is -0.318 e. The molecule has 0 aliphatic heterocycles. The second-order valence-corrected chi connectivity index (χ2v) is 8.84. The van der Waals surface area contributed by atoms with Crippen molar-refractivity contribution in [3.63, 3.8) is 0 Å². The summed E-state index contributed by atoms with van der Waals surface area (Å²) in [6.45, 7) is 4.27. The molecule has 4 heteroatoms. The minimum absolute atomic E-state index is 0.674. The van der Waals surface area contributed by atoms with Gasteiger partial charge in [0.2, 0.25) is 0 Å². The maximum atomic E-state index is 4.60. The smallest absolute Gasteiger partial charge is 0.0723 e. The van der Waals surface area contributed by atoms with Gasteiger partial charge in [-0.05, 0) is 74.6 Å². The molecule has 0 radical (unpaired) electrons. The van der Waals surface area contributed by atoms with Crippen molar-refractivity contribution in [2.75, 3.05) is 5.43 Å². The van der Waals surface area contributed by atoms with Crippen molar-refractivity contribution in [2.24, 2.45) is 5.10 Å². The Labute approximate surface area is 190 Å². The van der Waals surface area contributed by atoms with Crippen molar-refractivity contribution in [3.05, 3.63) is 89.4 Å². The predicted molar refractivity (Wildman–Crippen MR) is 134 cm³/mol. The zero-order valence-electron chi connectivity index (χ0n) is 18.9. The van der Waals surface area contributed by atoms with E-state index in [9.17, 15) is 0 Å². The number of fused-ring (bicyclic) bond motifs is 1. The van der Waals surface area contributed by atoms with Crippen LogP contribution >= 0.6 is 0 Å². The van der Waals surface area contributed by atoms with Crippen LogP contribution in [0.25, 0.3) is 16.6 Å². The third kappa shape index (κ3) is 4.05. The topological polar surface area (TPSA) is 42.2 Å². The highest BCUT2D eigenvalue weighted by Gasteiger charge is 2.16. The van der Waals surface area contributed by atoms with E-state index in [4.69, 9.17) is 0 Å². The molecule has 2 heterocycles. The number of aryl methyl sites for hydroxylation is 1. The molecule has 0 amide bonds. The Hall–Kier alpha value is -3.40. The Bertz CT molecular complexity index is 1250. The van der Waals surface area contributed by atoms with Crippen LogP contribution in [0.2, 0.25) is 0 Å². The Balaban J connectivity index is 1.40. The van der Waals surface area contributed by atoms with E-state index in [1.54, 1.807) is 0 Å². The lowest BCUT2D eigenvalue weighted by Crippen LogP contribution is -2.04. The maximum absolute atomic E-state index is 4.60. The van der Waals surface area contributed by atoms with Gasteiger partial charge in [0.05, 0.1) is 17.4 Å². The van der Waals surface area contributed by atoms with E-state index >= 15 is 0 Å². The number of hydrogen-bond acceptors (Lipinski definition) is 3. The number of hydrogen-bond donors (Lipinski definition) is 1. The second kappa shape index (κ2) is 8.99. The van der Waals surface area contributed by atoms with Crippen LogP contribution in [-0.2, 0) is 0 Å². The summed E-state index contributed by atoms with van der Waals surface area (Å²) in [4.78, 5) is 4.56. The van der Waals surface area contributed by atoms with E-state index in [1.807, 2.05) is 24.5 Å². The molecular weight excluding hydrogens is 392 g/mol. The lowest BCUT2D eigenvalue weighted by molar-refractivity contribution is 0.444. The van der Waals surface area contributed by atoms with Crippen LogP contribution in [0.15, 0.2) is 72.0 Å². The lowest BCUT2D eigenvalue weighted by atomic mass is 9.83. The first kappa shape index (κ1) is 20.5. The Kier molecular flexibility index (Phi) is 5.76. The van der Waals surface area contributed by atoms with E-state index in [2.05, 4.69) is 82.5 Å². The molecule has 0 bridgehead atoms. The average Bonchev–Trinajstić information content (AvgIpc) is 3.13. The molecule has 5 rings (SSSR count). The molecule has 1 aliphatic rings. The summed E-state index contributed by atoms with van der Waals surface area (Å²) in [6, 6.07) is 21.4. The van der Waals surface area contributed by atoms with Crippen LogP contribution in [0.5, 0.6) is 0 Å². The predicted octanol–water partition coefficient (Wildman–Crippen LogP) is 7.14. The van der Waals surface area contributed by atoms with Crippen molar-refractivity contribution in [1.82, 2.24) is 9.55 Å². The molecule has 32 heavy (non-hydrogen) atoms. The number of pyridine rings is 1. The normalized spacial score (nSPS) is 14.9. The summed E-state index contributed by atoms with van der Waals surface area (Å²) in [5.41, 5.74) is 11.4. The molecule has 1 N–H and O–H groups in total. The molecule has 1 saturated carbocycles. The van der Waals surface area contributed by atoms with Gasteiger partial charge >= 0.3 is 0 Å². The quantitative estimate of drug-likeness (QED) is 0.274. The highest BCUT2D eigenvalue weighted by molar-refractivity contribution is 5.92. The zero-order chi connectivity index (χ0) is 21.9. The average molecular weight is 423 g/mol. The van der Waals surface area contributed by atoms with Crippen LogP contribution in [-0.4, -0.2) is 15.8 Å². The number of nitrogens with zero attached hydrogens (tertiary/aromatic N) is 3. The molecule has 1 fully saturated rings. The number of aromatic nitrogens is 2. The highest BCUT2D eigenvalue weighted by atomic mass is 15.3. The second-order valence-electron chi connectivity index (χ2n) is 8.84. The molecule has 4 nitrogen and oxygen atoms in total. The largest absolute Gasteiger partial charge is 0.318 e. The molecule has 0 spiro atoms. The van der Waals surface area contributed by atoms with Gasteiger partial charge in [-0.1, -0.05) is 43.5 Å². The van der Waals surface area contributed by atoms with Crippen LogP contribution in [0.1, 0.15) is 60.5 Å². The Morgan fingerprint density at radius 3 is 2.59 bits per heavy atom. The first-order valence-corrected chi connectivity index (χ1v) is 11.6. The van der Waals surface area contributed by atoms with Gasteiger partial charge in [0.25, 0.3) is 0 Å². The molecular formula is C28H30N4. The maximum Gasteiger partial charge on any atom is 0.0723 e. The number of nitrogens with one attached hydrogen (secondary N) is 1. The zero-order valence-corrected chi connectivity index (χ0v) is 18.9. The van der Waals surface area contributed by atoms with Crippen LogP contribution in [0.4, 0.5) is 5.69 Å². The van der Waals surface area contributed by atoms with Crippen molar-refractivity contribution in [3.8, 4) is 5.69 Å². The summed E-state index contributed by atoms with van der Waals surface area (Å²) >= 11 is 0. The highest BCUT2D eigenvalue weighted by Crippen LogP contribution is 2.35. The SMILES string of the molecule is Cc1cc(/C=N/Nc2ccnc3ccc(C4CCCCC4)cc23)c(C)n1-c1ccccc1. The van der Waals surface area contributed by atoms with Crippen LogP contribution in [0, 0.1) is 13.8 Å². The molecule has 0 unspecified atom stereocenters. The summed E-state index contributed by atoms with van der Waals surface area (Å²) in [5.74, 6) is 0.674. The number of anilines is 1.